The van der Waals surface area contributed by atoms with E-state index in [9.17, 15) is 14.4 Å². The minimum atomic E-state index is -0.174. The number of anilines is 2. The lowest BCUT2D eigenvalue weighted by atomic mass is 9.95. The molecule has 1 atom stereocenters. The zero-order valence-corrected chi connectivity index (χ0v) is 24.7. The summed E-state index contributed by atoms with van der Waals surface area (Å²) in [7, 11) is 1.80. The molecule has 1 aliphatic heterocycles. The predicted octanol–water partition coefficient (Wildman–Crippen LogP) is 5.79. The van der Waals surface area contributed by atoms with E-state index in [2.05, 4.69) is 17.1 Å². The van der Waals surface area contributed by atoms with Gasteiger partial charge in [-0.1, -0.05) is 81.4 Å². The van der Waals surface area contributed by atoms with Crippen molar-refractivity contribution in [2.45, 2.75) is 46.1 Å². The first-order valence-corrected chi connectivity index (χ1v) is 14.6. The van der Waals surface area contributed by atoms with E-state index in [4.69, 9.17) is 0 Å². The topological polar surface area (TPSA) is 73.0 Å². The summed E-state index contributed by atoms with van der Waals surface area (Å²) in [5.74, 6) is -0.383. The van der Waals surface area contributed by atoms with E-state index in [1.54, 1.807) is 18.0 Å². The van der Waals surface area contributed by atoms with Crippen molar-refractivity contribution < 1.29 is 14.4 Å². The SMILES string of the molecule is CC[C@@H](C(=O)N1CCCN(c2ccc(NC(=O)C(C)C)cc2C(=O)N(C)Cc2ccccc2)CC1)c1ccccc1. The van der Waals surface area contributed by atoms with Crippen molar-refractivity contribution in [1.29, 1.82) is 0 Å². The Balaban J connectivity index is 1.56. The molecule has 7 nitrogen and oxygen atoms in total. The molecule has 1 aliphatic rings. The summed E-state index contributed by atoms with van der Waals surface area (Å²) in [5.41, 5.74) is 4.06. The molecular weight excluding hydrogens is 512 g/mol. The van der Waals surface area contributed by atoms with Crippen LogP contribution in [-0.2, 0) is 16.1 Å². The summed E-state index contributed by atoms with van der Waals surface area (Å²) in [4.78, 5) is 45.7. The van der Waals surface area contributed by atoms with Gasteiger partial charge >= 0.3 is 0 Å². The van der Waals surface area contributed by atoms with Gasteiger partial charge in [0.25, 0.3) is 5.91 Å². The molecule has 0 spiro atoms. The van der Waals surface area contributed by atoms with Crippen molar-refractivity contribution >= 4 is 29.1 Å². The van der Waals surface area contributed by atoms with Gasteiger partial charge in [-0.15, -0.1) is 0 Å². The number of carbonyl (C=O) groups excluding carboxylic acids is 3. The monoisotopic (exact) mass is 554 g/mol. The molecule has 216 valence electrons. The molecule has 0 saturated carbocycles. The fourth-order valence-corrected chi connectivity index (χ4v) is 5.32. The maximum atomic E-state index is 13.8. The van der Waals surface area contributed by atoms with Gasteiger partial charge in [-0.2, -0.15) is 0 Å². The minimum absolute atomic E-state index is 0.0957. The molecule has 3 aromatic carbocycles. The molecule has 0 unspecified atom stereocenters. The standard InChI is InChI=1S/C34H42N4O3/c1-5-29(27-15-10-7-11-16-27)34(41)38-20-12-19-37(21-22-38)31-18-17-28(35-32(39)25(2)3)23-30(31)33(40)36(4)24-26-13-8-6-9-14-26/h6-11,13-18,23,25,29H,5,12,19-22,24H2,1-4H3,(H,35,39)/t29-/m1/s1. The van der Waals surface area contributed by atoms with Crippen molar-refractivity contribution in [1.82, 2.24) is 9.80 Å². The van der Waals surface area contributed by atoms with E-state index >= 15 is 0 Å². The van der Waals surface area contributed by atoms with Crippen LogP contribution in [0.15, 0.2) is 78.9 Å². The molecule has 4 rings (SSSR count). The summed E-state index contributed by atoms with van der Waals surface area (Å²) >= 11 is 0. The predicted molar refractivity (Wildman–Crippen MR) is 165 cm³/mol. The second kappa shape index (κ2) is 14.0. The third kappa shape index (κ3) is 7.54. The number of benzene rings is 3. The summed E-state index contributed by atoms with van der Waals surface area (Å²) in [6, 6.07) is 25.5. The van der Waals surface area contributed by atoms with Crippen LogP contribution in [0.4, 0.5) is 11.4 Å². The van der Waals surface area contributed by atoms with Crippen LogP contribution < -0.4 is 10.2 Å². The number of nitrogens with zero attached hydrogens (tertiary/aromatic N) is 3. The third-order valence-electron chi connectivity index (χ3n) is 7.68. The molecule has 3 amide bonds. The zero-order valence-electron chi connectivity index (χ0n) is 24.7. The van der Waals surface area contributed by atoms with Crippen molar-refractivity contribution in [3.05, 3.63) is 95.6 Å². The van der Waals surface area contributed by atoms with Gasteiger partial charge in [0.2, 0.25) is 11.8 Å². The largest absolute Gasteiger partial charge is 0.369 e. The van der Waals surface area contributed by atoms with Gasteiger partial charge in [-0.3, -0.25) is 14.4 Å². The fourth-order valence-electron chi connectivity index (χ4n) is 5.32. The number of nitrogens with one attached hydrogen (secondary N) is 1. The average Bonchev–Trinajstić information content (AvgIpc) is 3.24. The normalized spacial score (nSPS) is 14.4. The molecular formula is C34H42N4O3. The third-order valence-corrected chi connectivity index (χ3v) is 7.68. The fraction of sp³-hybridized carbons (Fsp3) is 0.382. The molecule has 41 heavy (non-hydrogen) atoms. The zero-order chi connectivity index (χ0) is 29.4. The lowest BCUT2D eigenvalue weighted by Crippen LogP contribution is -2.38. The summed E-state index contributed by atoms with van der Waals surface area (Å²) in [5, 5.41) is 2.94. The quantitative estimate of drug-likeness (QED) is 0.364. The van der Waals surface area contributed by atoms with E-state index < -0.39 is 0 Å². The first-order valence-electron chi connectivity index (χ1n) is 14.6. The van der Waals surface area contributed by atoms with E-state index in [0.29, 0.717) is 37.4 Å². The van der Waals surface area contributed by atoms with E-state index in [1.165, 1.54) is 0 Å². The molecule has 3 aromatic rings. The number of hydrogen-bond donors (Lipinski definition) is 1. The Bertz CT molecular complexity index is 1330. The van der Waals surface area contributed by atoms with E-state index in [-0.39, 0.29) is 29.6 Å². The smallest absolute Gasteiger partial charge is 0.256 e. The summed E-state index contributed by atoms with van der Waals surface area (Å²) in [6.07, 6.45) is 1.55. The van der Waals surface area contributed by atoms with E-state index in [1.807, 2.05) is 91.5 Å². The van der Waals surface area contributed by atoms with Crippen molar-refractivity contribution in [2.75, 3.05) is 43.4 Å². The molecule has 1 heterocycles. The molecule has 0 aliphatic carbocycles. The van der Waals surface area contributed by atoms with Crippen LogP contribution in [-0.4, -0.2) is 60.7 Å². The van der Waals surface area contributed by atoms with E-state index in [0.717, 1.165) is 36.2 Å². The van der Waals surface area contributed by atoms with Gasteiger partial charge < -0.3 is 20.0 Å². The van der Waals surface area contributed by atoms with Crippen LogP contribution >= 0.6 is 0 Å². The Morgan fingerprint density at radius 1 is 0.878 bits per heavy atom. The van der Waals surface area contributed by atoms with Crippen LogP contribution in [0.3, 0.4) is 0 Å². The Kier molecular flexibility index (Phi) is 10.2. The molecule has 0 aromatic heterocycles. The first kappa shape index (κ1) is 29.8. The maximum Gasteiger partial charge on any atom is 0.256 e. The molecule has 1 fully saturated rings. The molecule has 1 N–H and O–H groups in total. The van der Waals surface area contributed by atoms with Gasteiger partial charge in [-0.25, -0.2) is 0 Å². The maximum absolute atomic E-state index is 13.8. The lowest BCUT2D eigenvalue weighted by Gasteiger charge is -2.28. The second-order valence-electron chi connectivity index (χ2n) is 11.1. The first-order chi connectivity index (χ1) is 19.8. The van der Waals surface area contributed by atoms with Crippen LogP contribution in [0.2, 0.25) is 0 Å². The van der Waals surface area contributed by atoms with Crippen molar-refractivity contribution in [3.63, 3.8) is 0 Å². The van der Waals surface area contributed by atoms with Gasteiger partial charge in [0.1, 0.15) is 0 Å². The summed E-state index contributed by atoms with van der Waals surface area (Å²) < 4.78 is 0. The highest BCUT2D eigenvalue weighted by atomic mass is 16.2. The lowest BCUT2D eigenvalue weighted by molar-refractivity contribution is -0.132. The average molecular weight is 555 g/mol. The molecule has 7 heteroatoms. The van der Waals surface area contributed by atoms with Crippen molar-refractivity contribution in [2.24, 2.45) is 5.92 Å². The Labute approximate surface area is 244 Å². The van der Waals surface area contributed by atoms with Gasteiger partial charge in [0, 0.05) is 57.1 Å². The number of rotatable bonds is 9. The van der Waals surface area contributed by atoms with Gasteiger partial charge in [0.05, 0.1) is 11.5 Å². The highest BCUT2D eigenvalue weighted by Gasteiger charge is 2.28. The molecule has 0 bridgehead atoms. The number of carbonyl (C=O) groups is 3. The minimum Gasteiger partial charge on any atom is -0.369 e. The number of amides is 3. The molecule has 1 saturated heterocycles. The van der Waals surface area contributed by atoms with Gasteiger partial charge in [-0.05, 0) is 42.2 Å². The van der Waals surface area contributed by atoms with Crippen LogP contribution in [0.25, 0.3) is 0 Å². The Morgan fingerprint density at radius 2 is 1.56 bits per heavy atom. The van der Waals surface area contributed by atoms with Crippen LogP contribution in [0.5, 0.6) is 0 Å². The Hall–Kier alpha value is -4.13. The molecule has 0 radical (unpaired) electrons. The number of hydrogen-bond acceptors (Lipinski definition) is 4. The highest BCUT2D eigenvalue weighted by molar-refractivity contribution is 6.02. The Morgan fingerprint density at radius 3 is 2.22 bits per heavy atom. The van der Waals surface area contributed by atoms with Gasteiger partial charge in [0.15, 0.2) is 0 Å². The van der Waals surface area contributed by atoms with Crippen LogP contribution in [0.1, 0.15) is 61.0 Å². The second-order valence-corrected chi connectivity index (χ2v) is 11.1. The van der Waals surface area contributed by atoms with Crippen molar-refractivity contribution in [3.8, 4) is 0 Å². The highest BCUT2D eigenvalue weighted by Crippen LogP contribution is 2.29. The van der Waals surface area contributed by atoms with Crippen LogP contribution in [0, 0.1) is 5.92 Å². The summed E-state index contributed by atoms with van der Waals surface area (Å²) in [6.45, 7) is 8.83.